The van der Waals surface area contributed by atoms with Crippen LogP contribution in [0.1, 0.15) is 32.1 Å². The van der Waals surface area contributed by atoms with Crippen LogP contribution < -0.4 is 5.26 Å². The summed E-state index contributed by atoms with van der Waals surface area (Å²) in [6.45, 7) is 0. The molecule has 0 N–H and O–H groups in total. The molecule has 41 heavy (non-hydrogen) atoms. The molecule has 1 unspecified atom stereocenters. The fourth-order valence-electron chi connectivity index (χ4n) is 2.20. The van der Waals surface area contributed by atoms with Crippen LogP contribution in [0.15, 0.2) is 0 Å². The minimum atomic E-state index is -7.42. The molecular formula is C14H11F16IO8S2-2. The lowest BCUT2D eigenvalue weighted by molar-refractivity contribution is -0.777. The predicted octanol–water partition coefficient (Wildman–Crippen LogP) is 6.02. The minimum Gasteiger partial charge on any atom is -0.743 e. The van der Waals surface area contributed by atoms with Crippen molar-refractivity contribution in [3.05, 3.63) is 0 Å². The molecule has 0 aliphatic heterocycles. The van der Waals surface area contributed by atoms with Crippen molar-refractivity contribution in [1.29, 1.82) is 0 Å². The zero-order valence-electron chi connectivity index (χ0n) is 18.6. The van der Waals surface area contributed by atoms with Crippen LogP contribution in [0.3, 0.4) is 0 Å². The zero-order chi connectivity index (χ0) is 33.1. The highest BCUT2D eigenvalue weighted by Crippen LogP contribution is 2.51. The molecule has 8 nitrogen and oxygen atoms in total. The summed E-state index contributed by atoms with van der Waals surface area (Å²) in [7, 11) is -7.42. The van der Waals surface area contributed by atoms with Crippen molar-refractivity contribution in [2.24, 2.45) is 0 Å². The van der Waals surface area contributed by atoms with Crippen molar-refractivity contribution in [3.63, 3.8) is 0 Å². The van der Waals surface area contributed by atoms with E-state index in [1.165, 1.54) is 0 Å². The van der Waals surface area contributed by atoms with Crippen LogP contribution in [0.5, 0.6) is 0 Å². The van der Waals surface area contributed by atoms with Crippen LogP contribution in [0.2, 0.25) is 0 Å². The number of hydrogen-bond acceptors (Lipinski definition) is 9. The number of alkyl halides is 17. The third-order valence-electron chi connectivity index (χ3n) is 4.26. The fourth-order valence-corrected chi connectivity index (χ4v) is 3.78. The van der Waals surface area contributed by atoms with Gasteiger partial charge in [-0.25, -0.2) is 17.9 Å². The molecule has 248 valence electrons. The van der Waals surface area contributed by atoms with Crippen LogP contribution in [-0.4, -0.2) is 63.7 Å². The molecule has 0 aromatic rings. The Balaban J connectivity index is 5.22. The Labute approximate surface area is 234 Å². The Morgan fingerprint density at radius 1 is 0.707 bits per heavy atom. The maximum absolute atomic E-state index is 13.8. The summed E-state index contributed by atoms with van der Waals surface area (Å²) < 4.78 is 249. The molecule has 0 saturated carbocycles. The van der Waals surface area contributed by atoms with Gasteiger partial charge in [0.1, 0.15) is 12.0 Å². The highest BCUT2D eigenvalue weighted by molar-refractivity contribution is 14.1. The minimum absolute atomic E-state index is 0.847. The van der Waals surface area contributed by atoms with Gasteiger partial charge in [0.25, 0.3) is 0 Å². The van der Waals surface area contributed by atoms with E-state index in [4.69, 9.17) is 0 Å². The molecular weight excluding hydrogens is 791 g/mol. The van der Waals surface area contributed by atoms with Crippen LogP contribution in [0.4, 0.5) is 70.2 Å². The van der Waals surface area contributed by atoms with Crippen LogP contribution in [0, 0.1) is 0 Å². The third-order valence-corrected chi connectivity index (χ3v) is 6.76. The van der Waals surface area contributed by atoms with E-state index >= 15 is 0 Å². The molecule has 27 heteroatoms. The fraction of sp³-hybridized carbons (Fsp3) is 1.00. The van der Waals surface area contributed by atoms with Crippen molar-refractivity contribution in [2.75, 3.05) is 0 Å². The number of hydrogen-bond donors (Lipinski definition) is 0. The molecule has 0 aromatic carbocycles. The Bertz CT molecular complexity index is 968. The largest absolute Gasteiger partial charge is 0.743 e. The van der Waals surface area contributed by atoms with Crippen molar-refractivity contribution < 1.29 is 107 Å². The molecule has 0 radical (unpaired) electrons. The summed E-state index contributed by atoms with van der Waals surface area (Å²) in [4.78, 5) is 0. The summed E-state index contributed by atoms with van der Waals surface area (Å²) in [6.07, 6.45) is -34.0. The van der Waals surface area contributed by atoms with Gasteiger partial charge in [-0.05, 0) is 12.8 Å². The van der Waals surface area contributed by atoms with E-state index in [0.717, 1.165) is 22.6 Å². The van der Waals surface area contributed by atoms with E-state index in [1.54, 1.807) is 0 Å². The van der Waals surface area contributed by atoms with Gasteiger partial charge in [0, 0.05) is 16.8 Å². The number of halogens is 17. The molecule has 0 fully saturated rings. The van der Waals surface area contributed by atoms with E-state index in [9.17, 15) is 88.5 Å². The van der Waals surface area contributed by atoms with E-state index in [2.05, 4.69) is 14.1 Å². The van der Waals surface area contributed by atoms with Crippen molar-refractivity contribution in [1.82, 2.24) is 0 Å². The summed E-state index contributed by atoms with van der Waals surface area (Å²) in [5.74, 6) is -11.5. The Hall–Kier alpha value is -0.330. The zero-order valence-corrected chi connectivity index (χ0v) is 22.4. The molecule has 0 heterocycles. The number of unbranched alkanes of at least 4 members (excludes halogenated alkanes) is 1. The second kappa shape index (κ2) is 13.3. The molecule has 0 saturated heterocycles. The summed E-state index contributed by atoms with van der Waals surface area (Å²) in [5.41, 5.74) is 0. The maximum atomic E-state index is 13.8. The molecule has 0 aliphatic carbocycles. The third kappa shape index (κ3) is 10.1. The number of ether oxygens (including phenoxy) is 2. The second-order valence-electron chi connectivity index (χ2n) is 7.43. The average Bonchev–Trinajstić information content (AvgIpc) is 2.72. The first-order valence-electron chi connectivity index (χ1n) is 9.49. The van der Waals surface area contributed by atoms with Gasteiger partial charge in [0.05, 0.1) is 0 Å². The first kappa shape index (κ1) is 40.7. The topological polar surface area (TPSA) is 117 Å². The van der Waals surface area contributed by atoms with Gasteiger partial charge in [-0.1, -0.05) is 29.0 Å². The van der Waals surface area contributed by atoms with E-state index in [0.29, 0.717) is 0 Å². The van der Waals surface area contributed by atoms with E-state index < -0.39 is 105 Å². The van der Waals surface area contributed by atoms with E-state index in [-0.39, 0.29) is 0 Å². The molecule has 0 aromatic heterocycles. The highest BCUT2D eigenvalue weighted by Gasteiger charge is 2.72. The van der Waals surface area contributed by atoms with Gasteiger partial charge in [-0.3, -0.25) is 5.04 Å². The summed E-state index contributed by atoms with van der Waals surface area (Å²) >= 11 is -1.04. The lowest BCUT2D eigenvalue weighted by Crippen LogP contribution is -2.56. The standard InChI is InChI=1S/C14H13F16IO8S2/c15-7(16,9(19,20)36-11(23,24)13(27,28)40-39-38-32)4-2-1-3-6(31)5-8(17,18)10(21,22)37-12(25,26)14(29,30)41(33,34)35/h6,32H,1-5H2,(H,33,34,35)/p-2. The molecule has 0 amide bonds. The van der Waals surface area contributed by atoms with Crippen LogP contribution in [-0.2, 0) is 29.0 Å². The Kier molecular flexibility index (Phi) is 13.2. The smallest absolute Gasteiger partial charge is 0.438 e. The predicted molar refractivity (Wildman–Crippen MR) is 102 cm³/mol. The van der Waals surface area contributed by atoms with Gasteiger partial charge in [-0.2, -0.15) is 74.6 Å². The van der Waals surface area contributed by atoms with E-state index in [1.807, 2.05) is 4.74 Å². The quantitative estimate of drug-likeness (QED) is 0.0226. The SMILES string of the molecule is O=S(=O)([O-])C(F)(F)C(F)(F)OC(F)(F)C(F)(F)CC(I)CCCCC(F)(F)C(F)(F)OC(F)(F)C(F)(F)SOO[O-]. The van der Waals surface area contributed by atoms with Gasteiger partial charge < -0.3 is 9.81 Å². The van der Waals surface area contributed by atoms with Gasteiger partial charge in [0.15, 0.2) is 10.1 Å². The number of rotatable bonds is 19. The molecule has 0 spiro atoms. The second-order valence-corrected chi connectivity index (χ2v) is 11.4. The van der Waals surface area contributed by atoms with Crippen molar-refractivity contribution in [3.8, 4) is 0 Å². The summed E-state index contributed by atoms with van der Waals surface area (Å²) in [6, 6.07) is 0. The van der Waals surface area contributed by atoms with Crippen molar-refractivity contribution in [2.45, 2.75) is 82.8 Å². The van der Waals surface area contributed by atoms with Crippen LogP contribution in [0.25, 0.3) is 0 Å². The first-order chi connectivity index (χ1) is 17.8. The lowest BCUT2D eigenvalue weighted by atomic mass is 10.0. The summed E-state index contributed by atoms with van der Waals surface area (Å²) in [5, 5.41) is -1.19. The Morgan fingerprint density at radius 2 is 1.15 bits per heavy atom. The van der Waals surface area contributed by atoms with Gasteiger partial charge >= 0.3 is 46.8 Å². The Morgan fingerprint density at radius 3 is 1.59 bits per heavy atom. The van der Waals surface area contributed by atoms with Crippen molar-refractivity contribution >= 4 is 44.8 Å². The molecule has 1 atom stereocenters. The molecule has 0 bridgehead atoms. The first-order valence-corrected chi connectivity index (χ1v) is 12.9. The lowest BCUT2D eigenvalue weighted by Gasteiger charge is -2.34. The van der Waals surface area contributed by atoms with Crippen LogP contribution >= 0.6 is 34.6 Å². The average molecular weight is 802 g/mol. The normalized spacial score (nSPS) is 16.3. The monoisotopic (exact) mass is 802 g/mol. The van der Waals surface area contributed by atoms with Gasteiger partial charge in [-0.15, -0.1) is 0 Å². The van der Waals surface area contributed by atoms with Gasteiger partial charge in [0.2, 0.25) is 0 Å². The maximum Gasteiger partial charge on any atom is 0.438 e. The molecule has 0 rings (SSSR count). The highest BCUT2D eigenvalue weighted by atomic mass is 127. The molecule has 0 aliphatic rings.